The molecule has 0 N–H and O–H groups in total. The van der Waals surface area contributed by atoms with Crippen molar-refractivity contribution in [3.63, 3.8) is 0 Å². The Kier molecular flexibility index (Phi) is 2.01. The van der Waals surface area contributed by atoms with Gasteiger partial charge in [0, 0.05) is 6.20 Å². The Hall–Kier alpha value is -0.900. The van der Waals surface area contributed by atoms with Crippen LogP contribution in [0.1, 0.15) is 0 Å². The topological polar surface area (TPSA) is 30.2 Å². The quantitative estimate of drug-likeness (QED) is 0.672. The number of rotatable bonds is 2. The summed E-state index contributed by atoms with van der Waals surface area (Å²) in [5.74, 6) is 0.676. The molecule has 0 atom stereocenters. The Labute approximate surface area is 67.2 Å². The molecule has 0 bridgehead atoms. The van der Waals surface area contributed by atoms with Gasteiger partial charge in [0.15, 0.2) is 5.82 Å². The fourth-order valence-corrected chi connectivity index (χ4v) is 1.01. The molecule has 0 aliphatic heterocycles. The van der Waals surface area contributed by atoms with E-state index >= 15 is 0 Å². The molecule has 10 heavy (non-hydrogen) atoms. The van der Waals surface area contributed by atoms with Gasteiger partial charge >= 0.3 is 0 Å². The maximum atomic E-state index is 3.92. The van der Waals surface area contributed by atoms with Crippen molar-refractivity contribution >= 4 is 34.7 Å². The second kappa shape index (κ2) is 2.79. The van der Waals surface area contributed by atoms with Crippen molar-refractivity contribution in [3.8, 4) is 0 Å². The second-order valence-corrected chi connectivity index (χ2v) is 2.46. The molecule has 3 nitrogen and oxygen atoms in total. The molecule has 4 heteroatoms. The first kappa shape index (κ1) is 7.21. The van der Waals surface area contributed by atoms with Gasteiger partial charge in [-0.3, -0.25) is 0 Å². The van der Waals surface area contributed by atoms with Crippen LogP contribution in [0.2, 0.25) is 0 Å². The van der Waals surface area contributed by atoms with E-state index in [9.17, 15) is 0 Å². The third kappa shape index (κ3) is 1.02. The third-order valence-corrected chi connectivity index (χ3v) is 1.61. The van der Waals surface area contributed by atoms with E-state index in [4.69, 9.17) is 0 Å². The minimum Gasteiger partial charge on any atom is -0.244 e. The molecule has 1 rings (SSSR count). The van der Waals surface area contributed by atoms with Crippen molar-refractivity contribution in [2.45, 2.75) is 0 Å². The van der Waals surface area contributed by atoms with Gasteiger partial charge in [0.25, 0.3) is 0 Å². The van der Waals surface area contributed by atoms with E-state index in [0.29, 0.717) is 5.82 Å². The van der Waals surface area contributed by atoms with Crippen LogP contribution in [0.5, 0.6) is 0 Å². The lowest BCUT2D eigenvalue weighted by Crippen LogP contribution is -1.84. The van der Waals surface area contributed by atoms with Crippen LogP contribution in [0.3, 0.4) is 0 Å². The van der Waals surface area contributed by atoms with E-state index in [1.54, 1.807) is 12.4 Å². The van der Waals surface area contributed by atoms with Crippen LogP contribution in [-0.2, 0) is 0 Å². The maximum Gasteiger partial charge on any atom is 0.168 e. The summed E-state index contributed by atoms with van der Waals surface area (Å²) < 4.78 is 2.36. The van der Waals surface area contributed by atoms with Crippen LogP contribution in [-0.4, -0.2) is 16.5 Å². The smallest absolute Gasteiger partial charge is 0.168 e. The number of halogens is 1. The number of aromatic nitrogens is 2. The van der Waals surface area contributed by atoms with Crippen LogP contribution < -0.4 is 0 Å². The van der Waals surface area contributed by atoms with Crippen molar-refractivity contribution in [1.82, 2.24) is 9.78 Å². The van der Waals surface area contributed by atoms with E-state index in [-0.39, 0.29) is 0 Å². The Morgan fingerprint density at radius 2 is 2.50 bits per heavy atom. The molecule has 0 saturated heterocycles. The molecule has 0 radical (unpaired) electrons. The van der Waals surface area contributed by atoms with Gasteiger partial charge in [-0.05, 0) is 22.6 Å². The van der Waals surface area contributed by atoms with Gasteiger partial charge in [-0.15, -0.1) is 0 Å². The van der Waals surface area contributed by atoms with E-state index in [0.717, 1.165) is 4.47 Å². The lowest BCUT2D eigenvalue weighted by atomic mass is 10.6. The van der Waals surface area contributed by atoms with Crippen molar-refractivity contribution < 1.29 is 0 Å². The molecule has 1 aromatic heterocycles. The zero-order valence-electron chi connectivity index (χ0n) is 5.29. The maximum absolute atomic E-state index is 3.92. The molecule has 0 unspecified atom stereocenters. The minimum atomic E-state index is 0.676. The highest BCUT2D eigenvalue weighted by molar-refractivity contribution is 9.10. The predicted octanol–water partition coefficient (Wildman–Crippen LogP) is 2.08. The molecule has 0 saturated carbocycles. The van der Waals surface area contributed by atoms with Crippen LogP contribution in [0, 0.1) is 0 Å². The summed E-state index contributed by atoms with van der Waals surface area (Å²) in [5.41, 5.74) is 0. The number of hydrogen-bond donors (Lipinski definition) is 0. The second-order valence-electron chi connectivity index (χ2n) is 1.60. The first-order chi connectivity index (χ1) is 4.79. The Balaban J connectivity index is 3.25. The van der Waals surface area contributed by atoms with Gasteiger partial charge in [0.05, 0.1) is 10.7 Å². The Morgan fingerprint density at radius 3 is 2.90 bits per heavy atom. The summed E-state index contributed by atoms with van der Waals surface area (Å²) in [6, 6.07) is 0. The van der Waals surface area contributed by atoms with Gasteiger partial charge in [-0.2, -0.15) is 5.10 Å². The van der Waals surface area contributed by atoms with Gasteiger partial charge < -0.3 is 0 Å². The fourth-order valence-electron chi connectivity index (χ4n) is 0.616. The number of hydrogen-bond acceptors (Lipinski definition) is 2. The fraction of sp³-hybridized carbons (Fsp3) is 0. The summed E-state index contributed by atoms with van der Waals surface area (Å²) in [5, 5.41) is 3.92. The monoisotopic (exact) mass is 199 g/mol. The highest BCUT2D eigenvalue weighted by atomic mass is 79.9. The Bertz CT molecular complexity index is 264. The SMILES string of the molecule is C=Cn1ncc(Br)c1N=C. The van der Waals surface area contributed by atoms with Crippen LogP contribution in [0.25, 0.3) is 6.20 Å². The van der Waals surface area contributed by atoms with Crippen LogP contribution in [0.15, 0.2) is 22.2 Å². The predicted molar refractivity (Wildman–Crippen MR) is 45.5 cm³/mol. The van der Waals surface area contributed by atoms with Crippen molar-refractivity contribution in [3.05, 3.63) is 17.2 Å². The first-order valence-corrected chi connectivity index (χ1v) is 3.41. The average molecular weight is 200 g/mol. The summed E-state index contributed by atoms with van der Waals surface area (Å²) in [6.07, 6.45) is 3.21. The van der Waals surface area contributed by atoms with Crippen molar-refractivity contribution in [2.75, 3.05) is 0 Å². The van der Waals surface area contributed by atoms with E-state index < -0.39 is 0 Å². The molecule has 1 aromatic rings. The molecule has 0 aliphatic carbocycles. The Morgan fingerprint density at radius 1 is 1.80 bits per heavy atom. The van der Waals surface area contributed by atoms with E-state index in [1.165, 1.54) is 4.68 Å². The minimum absolute atomic E-state index is 0.676. The number of aliphatic imine (C=N–C) groups is 1. The summed E-state index contributed by atoms with van der Waals surface area (Å²) in [6.45, 7) is 6.93. The largest absolute Gasteiger partial charge is 0.244 e. The van der Waals surface area contributed by atoms with Gasteiger partial charge in [-0.1, -0.05) is 6.58 Å². The molecule has 1 heterocycles. The van der Waals surface area contributed by atoms with Crippen LogP contribution in [0.4, 0.5) is 5.82 Å². The van der Waals surface area contributed by atoms with Gasteiger partial charge in [0.1, 0.15) is 0 Å². The highest BCUT2D eigenvalue weighted by Crippen LogP contribution is 2.23. The summed E-state index contributed by atoms with van der Waals surface area (Å²) in [7, 11) is 0. The van der Waals surface area contributed by atoms with Gasteiger partial charge in [0.2, 0.25) is 0 Å². The third-order valence-electron chi connectivity index (χ3n) is 1.05. The van der Waals surface area contributed by atoms with Gasteiger partial charge in [-0.25, -0.2) is 9.67 Å². The van der Waals surface area contributed by atoms with Crippen LogP contribution >= 0.6 is 15.9 Å². The van der Waals surface area contributed by atoms with Crippen molar-refractivity contribution in [2.24, 2.45) is 4.99 Å². The molecule has 0 spiro atoms. The first-order valence-electron chi connectivity index (χ1n) is 2.62. The zero-order chi connectivity index (χ0) is 7.56. The summed E-state index contributed by atoms with van der Waals surface area (Å²) in [4.78, 5) is 3.73. The van der Waals surface area contributed by atoms with Crippen molar-refractivity contribution in [1.29, 1.82) is 0 Å². The summed E-state index contributed by atoms with van der Waals surface area (Å²) >= 11 is 3.25. The zero-order valence-corrected chi connectivity index (χ0v) is 6.87. The number of nitrogens with zero attached hydrogens (tertiary/aromatic N) is 3. The molecular weight excluding hydrogens is 194 g/mol. The van der Waals surface area contributed by atoms with E-state index in [1.807, 2.05) is 0 Å². The molecule has 0 fully saturated rings. The normalized spacial score (nSPS) is 9.30. The lowest BCUT2D eigenvalue weighted by molar-refractivity contribution is 0.936. The molecule has 0 aromatic carbocycles. The molecule has 0 aliphatic rings. The molecule has 0 amide bonds. The lowest BCUT2D eigenvalue weighted by Gasteiger charge is -1.92. The highest BCUT2D eigenvalue weighted by Gasteiger charge is 2.01. The standard InChI is InChI=1S/C6H6BrN3/c1-3-10-6(8-2)5(7)4-9-10/h3-4H,1-2H2. The van der Waals surface area contributed by atoms with E-state index in [2.05, 4.69) is 39.3 Å². The average Bonchev–Trinajstić information content (AvgIpc) is 2.30. The molecular formula is C6H6BrN3. The molecule has 52 valence electrons.